The molecule has 0 aromatic heterocycles. The van der Waals surface area contributed by atoms with Gasteiger partial charge >= 0.3 is 5.97 Å². The molecule has 8 heteroatoms. The van der Waals surface area contributed by atoms with Crippen molar-refractivity contribution in [2.24, 2.45) is 11.7 Å². The summed E-state index contributed by atoms with van der Waals surface area (Å²) in [5.74, 6) is -0.144. The number of carbonyl (C=O) groups excluding carboxylic acids is 1. The molecule has 1 heterocycles. The van der Waals surface area contributed by atoms with E-state index in [0.29, 0.717) is 31.7 Å². The molecule has 124 valence electrons. The Morgan fingerprint density at radius 2 is 2.14 bits per heavy atom. The van der Waals surface area contributed by atoms with Crippen molar-refractivity contribution in [2.75, 3.05) is 19.7 Å². The van der Waals surface area contributed by atoms with Gasteiger partial charge in [0, 0.05) is 19.1 Å². The Kier molecular flexibility index (Phi) is 7.05. The third-order valence-electron chi connectivity index (χ3n) is 3.43. The van der Waals surface area contributed by atoms with Gasteiger partial charge in [0.05, 0.1) is 6.61 Å². The van der Waals surface area contributed by atoms with E-state index in [1.165, 1.54) is 4.31 Å². The number of hydrogen-bond donors (Lipinski definition) is 2. The third-order valence-corrected chi connectivity index (χ3v) is 5.11. The lowest BCUT2D eigenvalue weighted by Crippen LogP contribution is -2.51. The highest BCUT2D eigenvalue weighted by atomic mass is 32.2. The number of nitrogens with one attached hydrogen (secondary N) is 1. The van der Waals surface area contributed by atoms with Crippen LogP contribution in [-0.2, 0) is 19.7 Å². The van der Waals surface area contributed by atoms with Crippen molar-refractivity contribution in [2.45, 2.75) is 52.1 Å². The molecule has 0 aromatic rings. The van der Waals surface area contributed by atoms with Crippen LogP contribution in [0.4, 0.5) is 0 Å². The smallest absolute Gasteiger partial charge is 0.324 e. The molecule has 0 aliphatic carbocycles. The summed E-state index contributed by atoms with van der Waals surface area (Å²) >= 11 is 0. The third kappa shape index (κ3) is 5.21. The number of nitrogens with two attached hydrogens (primary N) is 1. The van der Waals surface area contributed by atoms with Crippen molar-refractivity contribution in [3.05, 3.63) is 0 Å². The fourth-order valence-corrected chi connectivity index (χ4v) is 4.19. The first-order valence-corrected chi connectivity index (χ1v) is 8.91. The predicted octanol–water partition coefficient (Wildman–Crippen LogP) is 0.222. The first kappa shape index (κ1) is 18.3. The van der Waals surface area contributed by atoms with Crippen LogP contribution in [0.2, 0.25) is 0 Å². The van der Waals surface area contributed by atoms with E-state index >= 15 is 0 Å². The molecule has 2 unspecified atom stereocenters. The van der Waals surface area contributed by atoms with Gasteiger partial charge in [0.1, 0.15) is 6.04 Å². The fraction of sp³-hybridized carbons (Fsp3) is 0.923. The van der Waals surface area contributed by atoms with E-state index in [1.54, 1.807) is 6.92 Å². The average Bonchev–Trinajstić information content (AvgIpc) is 2.87. The van der Waals surface area contributed by atoms with Gasteiger partial charge in [0.15, 0.2) is 0 Å². The van der Waals surface area contributed by atoms with Crippen LogP contribution < -0.4 is 10.5 Å². The molecule has 1 aliphatic rings. The summed E-state index contributed by atoms with van der Waals surface area (Å²) in [6, 6.07) is -1.04. The van der Waals surface area contributed by atoms with E-state index in [9.17, 15) is 13.2 Å². The van der Waals surface area contributed by atoms with Crippen molar-refractivity contribution in [3.8, 4) is 0 Å². The van der Waals surface area contributed by atoms with E-state index in [-0.39, 0.29) is 19.2 Å². The molecule has 1 rings (SSSR count). The molecule has 0 bridgehead atoms. The van der Waals surface area contributed by atoms with Crippen LogP contribution in [0.5, 0.6) is 0 Å². The molecule has 0 radical (unpaired) electrons. The Balaban J connectivity index is 2.78. The molecule has 1 fully saturated rings. The summed E-state index contributed by atoms with van der Waals surface area (Å²) in [6.45, 7) is 6.53. The second-order valence-corrected chi connectivity index (χ2v) is 7.36. The summed E-state index contributed by atoms with van der Waals surface area (Å²) in [4.78, 5) is 11.9. The lowest BCUT2D eigenvalue weighted by atomic mass is 10.1. The molecule has 0 aromatic carbocycles. The van der Waals surface area contributed by atoms with Crippen LogP contribution in [0.25, 0.3) is 0 Å². The quantitative estimate of drug-likeness (QED) is 0.623. The molecule has 1 saturated heterocycles. The molecular formula is C13H27N3O4S. The molecule has 21 heavy (non-hydrogen) atoms. The Morgan fingerprint density at radius 1 is 1.48 bits per heavy atom. The highest BCUT2D eigenvalue weighted by Crippen LogP contribution is 2.22. The molecule has 2 atom stereocenters. The van der Waals surface area contributed by atoms with Crippen LogP contribution >= 0.6 is 0 Å². The summed E-state index contributed by atoms with van der Waals surface area (Å²) in [5.41, 5.74) is 5.63. The largest absolute Gasteiger partial charge is 0.465 e. The maximum atomic E-state index is 12.5. The topological polar surface area (TPSA) is 102 Å². The zero-order valence-electron chi connectivity index (χ0n) is 13.0. The molecule has 0 spiro atoms. The zero-order valence-corrected chi connectivity index (χ0v) is 13.9. The Bertz CT molecular complexity index is 439. The van der Waals surface area contributed by atoms with E-state index in [4.69, 9.17) is 10.5 Å². The van der Waals surface area contributed by atoms with Crippen molar-refractivity contribution in [1.29, 1.82) is 0 Å². The maximum Gasteiger partial charge on any atom is 0.324 e. The van der Waals surface area contributed by atoms with E-state index < -0.39 is 22.2 Å². The van der Waals surface area contributed by atoms with Gasteiger partial charge in [0.25, 0.3) is 10.2 Å². The van der Waals surface area contributed by atoms with Gasteiger partial charge < -0.3 is 10.5 Å². The highest BCUT2D eigenvalue weighted by Gasteiger charge is 2.40. The van der Waals surface area contributed by atoms with E-state index in [1.807, 2.05) is 13.8 Å². The Hall–Kier alpha value is -0.700. The molecule has 1 aliphatic heterocycles. The SMILES string of the molecule is CCOC(=O)C1CCCN1S(=O)(=O)NC(CN)CC(C)C. The summed E-state index contributed by atoms with van der Waals surface area (Å²) < 4.78 is 33.7. The van der Waals surface area contributed by atoms with Crippen molar-refractivity contribution >= 4 is 16.2 Å². The number of ether oxygens (including phenoxy) is 1. The number of hydrogen-bond acceptors (Lipinski definition) is 5. The number of carbonyl (C=O) groups is 1. The second-order valence-electron chi connectivity index (χ2n) is 5.71. The number of rotatable bonds is 8. The average molecular weight is 321 g/mol. The lowest BCUT2D eigenvalue weighted by Gasteiger charge is -2.26. The van der Waals surface area contributed by atoms with Crippen LogP contribution in [-0.4, -0.2) is 50.5 Å². The van der Waals surface area contributed by atoms with Gasteiger partial charge in [-0.15, -0.1) is 0 Å². The summed E-state index contributed by atoms with van der Waals surface area (Å²) in [7, 11) is -3.73. The minimum atomic E-state index is -3.73. The Morgan fingerprint density at radius 3 is 2.67 bits per heavy atom. The first-order valence-electron chi connectivity index (χ1n) is 7.47. The van der Waals surface area contributed by atoms with E-state index in [0.717, 1.165) is 0 Å². The van der Waals surface area contributed by atoms with Crippen LogP contribution in [0, 0.1) is 5.92 Å². The van der Waals surface area contributed by atoms with Gasteiger partial charge in [-0.2, -0.15) is 17.4 Å². The minimum absolute atomic E-state index is 0.231. The number of nitrogens with zero attached hydrogens (tertiary/aromatic N) is 1. The molecule has 0 saturated carbocycles. The van der Waals surface area contributed by atoms with Gasteiger partial charge in [-0.3, -0.25) is 4.79 Å². The minimum Gasteiger partial charge on any atom is -0.465 e. The highest BCUT2D eigenvalue weighted by molar-refractivity contribution is 7.87. The molecule has 0 amide bonds. The van der Waals surface area contributed by atoms with Gasteiger partial charge in [0.2, 0.25) is 0 Å². The fourth-order valence-electron chi connectivity index (χ4n) is 2.54. The lowest BCUT2D eigenvalue weighted by molar-refractivity contribution is -0.146. The predicted molar refractivity (Wildman–Crippen MR) is 80.7 cm³/mol. The van der Waals surface area contributed by atoms with Crippen LogP contribution in [0.3, 0.4) is 0 Å². The van der Waals surface area contributed by atoms with Crippen molar-refractivity contribution in [3.63, 3.8) is 0 Å². The van der Waals surface area contributed by atoms with Gasteiger partial charge in [-0.05, 0) is 32.1 Å². The second kappa shape index (κ2) is 8.07. The maximum absolute atomic E-state index is 12.5. The molecule has 7 nitrogen and oxygen atoms in total. The normalized spacial score (nSPS) is 21.7. The molecule has 3 N–H and O–H groups in total. The summed E-state index contributed by atoms with van der Waals surface area (Å²) in [6.07, 6.45) is 1.81. The monoisotopic (exact) mass is 321 g/mol. The van der Waals surface area contributed by atoms with Crippen LogP contribution in [0.1, 0.15) is 40.0 Å². The Labute approximate surface area is 127 Å². The van der Waals surface area contributed by atoms with Crippen LogP contribution in [0.15, 0.2) is 0 Å². The number of esters is 1. The van der Waals surface area contributed by atoms with Gasteiger partial charge in [-0.1, -0.05) is 13.8 Å². The van der Waals surface area contributed by atoms with Gasteiger partial charge in [-0.25, -0.2) is 0 Å². The summed E-state index contributed by atoms with van der Waals surface area (Å²) in [5, 5.41) is 0. The first-order chi connectivity index (χ1) is 9.81. The molecular weight excluding hydrogens is 294 g/mol. The van der Waals surface area contributed by atoms with Crippen molar-refractivity contribution in [1.82, 2.24) is 9.03 Å². The van der Waals surface area contributed by atoms with Crippen molar-refractivity contribution < 1.29 is 17.9 Å². The zero-order chi connectivity index (χ0) is 16.0. The standard InChI is InChI=1S/C13H27N3O4S/c1-4-20-13(17)12-6-5-7-16(12)21(18,19)15-11(9-14)8-10(2)3/h10-12,15H,4-9,14H2,1-3H3. The van der Waals surface area contributed by atoms with E-state index in [2.05, 4.69) is 4.72 Å².